The molecular weight excluding hydrogens is 378 g/mol. The van der Waals surface area contributed by atoms with Gasteiger partial charge in [-0.1, -0.05) is 11.6 Å². The van der Waals surface area contributed by atoms with Gasteiger partial charge in [-0.3, -0.25) is 9.59 Å². The van der Waals surface area contributed by atoms with Crippen molar-refractivity contribution < 1.29 is 14.3 Å². The van der Waals surface area contributed by atoms with E-state index in [9.17, 15) is 9.59 Å². The first-order valence-corrected chi connectivity index (χ1v) is 9.50. The Morgan fingerprint density at radius 1 is 1.25 bits per heavy atom. The Kier molecular flexibility index (Phi) is 5.79. The summed E-state index contributed by atoms with van der Waals surface area (Å²) in [7, 11) is 1.53. The van der Waals surface area contributed by atoms with Crippen molar-refractivity contribution in [3.8, 4) is 5.75 Å². The molecule has 0 spiro atoms. The standard InChI is InChI=1S/C21H24ClN3O3/c1-12-9-18(20(28-4)11-17(12)22)24-21(27)13(2)23-16-5-6-19-15(10-16)7-8-25(19)14(3)26/h5-6,9-11,13,23H,7-8H2,1-4H3,(H,24,27). The number of nitrogens with zero attached hydrogens (tertiary/aromatic N) is 1. The molecule has 1 aliphatic heterocycles. The third kappa shape index (κ3) is 4.07. The second kappa shape index (κ2) is 8.10. The van der Waals surface area contributed by atoms with Crippen LogP contribution < -0.4 is 20.3 Å². The molecule has 1 aliphatic rings. The number of hydrogen-bond acceptors (Lipinski definition) is 4. The quantitative estimate of drug-likeness (QED) is 0.794. The van der Waals surface area contributed by atoms with Crippen molar-refractivity contribution in [1.82, 2.24) is 0 Å². The maximum atomic E-state index is 12.6. The SMILES string of the molecule is COc1cc(Cl)c(C)cc1NC(=O)C(C)Nc1ccc2c(c1)CCN2C(C)=O. The smallest absolute Gasteiger partial charge is 0.246 e. The lowest BCUT2D eigenvalue weighted by atomic mass is 10.1. The summed E-state index contributed by atoms with van der Waals surface area (Å²) in [6.07, 6.45) is 0.812. The van der Waals surface area contributed by atoms with E-state index in [4.69, 9.17) is 16.3 Å². The molecule has 148 valence electrons. The van der Waals surface area contributed by atoms with Crippen LogP contribution in [0, 0.1) is 6.92 Å². The van der Waals surface area contributed by atoms with Gasteiger partial charge in [0.1, 0.15) is 11.8 Å². The first-order chi connectivity index (χ1) is 13.3. The van der Waals surface area contributed by atoms with E-state index in [0.29, 0.717) is 23.0 Å². The molecule has 2 aromatic rings. The third-order valence-electron chi connectivity index (χ3n) is 4.87. The van der Waals surface area contributed by atoms with Crippen LogP contribution in [0.5, 0.6) is 5.75 Å². The van der Waals surface area contributed by atoms with Crippen LogP contribution in [0.25, 0.3) is 0 Å². The molecule has 2 N–H and O–H groups in total. The lowest BCUT2D eigenvalue weighted by Gasteiger charge is -2.19. The highest BCUT2D eigenvalue weighted by atomic mass is 35.5. The van der Waals surface area contributed by atoms with Crippen molar-refractivity contribution >= 4 is 40.5 Å². The van der Waals surface area contributed by atoms with Crippen LogP contribution in [0.3, 0.4) is 0 Å². The largest absolute Gasteiger partial charge is 0.495 e. The van der Waals surface area contributed by atoms with E-state index in [0.717, 1.165) is 28.9 Å². The zero-order chi connectivity index (χ0) is 20.4. The van der Waals surface area contributed by atoms with Crippen molar-refractivity contribution in [1.29, 1.82) is 0 Å². The number of hydrogen-bond donors (Lipinski definition) is 2. The minimum atomic E-state index is -0.468. The highest BCUT2D eigenvalue weighted by Crippen LogP contribution is 2.32. The lowest BCUT2D eigenvalue weighted by Crippen LogP contribution is -2.32. The Hall–Kier alpha value is -2.73. The molecule has 1 heterocycles. The molecule has 2 amide bonds. The summed E-state index contributed by atoms with van der Waals surface area (Å²) >= 11 is 6.12. The minimum absolute atomic E-state index is 0.0411. The second-order valence-corrected chi connectivity index (χ2v) is 7.33. The van der Waals surface area contributed by atoms with E-state index < -0.39 is 6.04 Å². The molecule has 2 aromatic carbocycles. The van der Waals surface area contributed by atoms with Gasteiger partial charge in [-0.05, 0) is 55.7 Å². The zero-order valence-corrected chi connectivity index (χ0v) is 17.2. The van der Waals surface area contributed by atoms with Crippen molar-refractivity contribution in [2.45, 2.75) is 33.2 Å². The number of rotatable bonds is 5. The molecule has 1 atom stereocenters. The molecule has 28 heavy (non-hydrogen) atoms. The number of methoxy groups -OCH3 is 1. The fourth-order valence-corrected chi connectivity index (χ4v) is 3.46. The molecule has 0 fully saturated rings. The van der Waals surface area contributed by atoms with Crippen molar-refractivity contribution in [2.75, 3.05) is 29.2 Å². The molecule has 0 saturated carbocycles. The molecule has 7 heteroatoms. The van der Waals surface area contributed by atoms with Crippen molar-refractivity contribution in [3.63, 3.8) is 0 Å². The van der Waals surface area contributed by atoms with Crippen LogP contribution in [0.4, 0.5) is 17.1 Å². The summed E-state index contributed by atoms with van der Waals surface area (Å²) in [5.41, 5.74) is 4.31. The van der Waals surface area contributed by atoms with E-state index in [1.54, 1.807) is 30.9 Å². The van der Waals surface area contributed by atoms with Crippen LogP contribution in [0.1, 0.15) is 25.0 Å². The van der Waals surface area contributed by atoms with Gasteiger partial charge in [-0.2, -0.15) is 0 Å². The van der Waals surface area contributed by atoms with E-state index >= 15 is 0 Å². The van der Waals surface area contributed by atoms with Gasteiger partial charge in [0.05, 0.1) is 12.8 Å². The Morgan fingerprint density at radius 3 is 2.68 bits per heavy atom. The summed E-state index contributed by atoms with van der Waals surface area (Å²) in [6.45, 7) is 5.92. The minimum Gasteiger partial charge on any atom is -0.495 e. The van der Waals surface area contributed by atoms with Crippen LogP contribution in [-0.4, -0.2) is 31.5 Å². The second-order valence-electron chi connectivity index (χ2n) is 6.92. The lowest BCUT2D eigenvalue weighted by molar-refractivity contribution is -0.117. The number of halogens is 1. The average molecular weight is 402 g/mol. The van der Waals surface area contributed by atoms with Crippen molar-refractivity contribution in [3.05, 3.63) is 46.5 Å². The molecule has 0 aliphatic carbocycles. The first kappa shape index (κ1) is 20.0. The van der Waals surface area contributed by atoms with Gasteiger partial charge in [-0.15, -0.1) is 0 Å². The molecule has 0 radical (unpaired) electrons. The number of nitrogens with one attached hydrogen (secondary N) is 2. The van der Waals surface area contributed by atoms with Crippen molar-refractivity contribution in [2.24, 2.45) is 0 Å². The Labute approximate surface area is 169 Å². The van der Waals surface area contributed by atoms with E-state index in [1.807, 2.05) is 25.1 Å². The fraction of sp³-hybridized carbons (Fsp3) is 0.333. The first-order valence-electron chi connectivity index (χ1n) is 9.12. The summed E-state index contributed by atoms with van der Waals surface area (Å²) in [5, 5.41) is 6.68. The number of carbonyl (C=O) groups excluding carboxylic acids is 2. The van der Waals surface area contributed by atoms with Gasteiger partial charge in [-0.25, -0.2) is 0 Å². The maximum absolute atomic E-state index is 12.6. The van der Waals surface area contributed by atoms with Gasteiger partial charge in [0.2, 0.25) is 11.8 Å². The Balaban J connectivity index is 1.70. The topological polar surface area (TPSA) is 70.7 Å². The third-order valence-corrected chi connectivity index (χ3v) is 5.28. The molecular formula is C21H24ClN3O3. The predicted molar refractivity (Wildman–Crippen MR) is 113 cm³/mol. The van der Waals surface area contributed by atoms with Gasteiger partial charge >= 0.3 is 0 Å². The number of ether oxygens (including phenoxy) is 1. The van der Waals surface area contributed by atoms with Crippen LogP contribution in [0.2, 0.25) is 5.02 Å². The highest BCUT2D eigenvalue weighted by Gasteiger charge is 2.23. The number of carbonyl (C=O) groups is 2. The molecule has 3 rings (SSSR count). The van der Waals surface area contributed by atoms with Crippen LogP contribution in [-0.2, 0) is 16.0 Å². The molecule has 6 nitrogen and oxygen atoms in total. The Bertz CT molecular complexity index is 929. The molecule has 0 saturated heterocycles. The monoisotopic (exact) mass is 401 g/mol. The average Bonchev–Trinajstić information content (AvgIpc) is 3.07. The summed E-state index contributed by atoms with van der Waals surface area (Å²) in [6, 6.07) is 8.81. The molecule has 1 unspecified atom stereocenters. The highest BCUT2D eigenvalue weighted by molar-refractivity contribution is 6.31. The van der Waals surface area contributed by atoms with E-state index in [1.165, 1.54) is 7.11 Å². The summed E-state index contributed by atoms with van der Waals surface area (Å²) in [5.74, 6) is 0.364. The number of benzene rings is 2. The Morgan fingerprint density at radius 2 is 2.00 bits per heavy atom. The van der Waals surface area contributed by atoms with Gasteiger partial charge in [0.25, 0.3) is 0 Å². The normalized spacial score (nSPS) is 13.7. The number of amides is 2. The van der Waals surface area contributed by atoms with Crippen LogP contribution >= 0.6 is 11.6 Å². The zero-order valence-electron chi connectivity index (χ0n) is 16.4. The maximum Gasteiger partial charge on any atom is 0.246 e. The summed E-state index contributed by atoms with van der Waals surface area (Å²) < 4.78 is 5.31. The number of anilines is 3. The van der Waals surface area contributed by atoms with E-state index in [2.05, 4.69) is 10.6 Å². The number of aryl methyl sites for hydroxylation is 1. The number of fused-ring (bicyclic) bond motifs is 1. The van der Waals surface area contributed by atoms with Gasteiger partial charge < -0.3 is 20.3 Å². The van der Waals surface area contributed by atoms with E-state index in [-0.39, 0.29) is 11.8 Å². The van der Waals surface area contributed by atoms with Gasteiger partial charge in [0.15, 0.2) is 0 Å². The fourth-order valence-electron chi connectivity index (χ4n) is 3.30. The van der Waals surface area contributed by atoms with Gasteiger partial charge in [0, 0.05) is 35.9 Å². The van der Waals surface area contributed by atoms with Crippen LogP contribution in [0.15, 0.2) is 30.3 Å². The molecule has 0 bridgehead atoms. The molecule has 0 aromatic heterocycles. The predicted octanol–water partition coefficient (Wildman–Crippen LogP) is 4.01. The summed E-state index contributed by atoms with van der Waals surface area (Å²) in [4.78, 5) is 26.1.